The number of methoxy groups -OCH3 is 1. The van der Waals surface area contributed by atoms with Crippen LogP contribution in [0.1, 0.15) is 11.1 Å². The van der Waals surface area contributed by atoms with Crippen LogP contribution in [0.2, 0.25) is 5.02 Å². The molecule has 3 aromatic carbocycles. The third-order valence-corrected chi connectivity index (χ3v) is 6.64. The molecule has 0 saturated carbocycles. The largest absolute Gasteiger partial charge is 0.493 e. The van der Waals surface area contributed by atoms with Gasteiger partial charge in [-0.05, 0) is 66.7 Å². The molecule has 0 aromatic heterocycles. The first kappa shape index (κ1) is 25.3. The number of anilines is 1. The van der Waals surface area contributed by atoms with Crippen molar-refractivity contribution in [2.24, 2.45) is 4.99 Å². The molecule has 1 saturated heterocycles. The van der Waals surface area contributed by atoms with E-state index in [0.29, 0.717) is 32.3 Å². The Bertz CT molecular complexity index is 1360. The molecule has 4 rings (SSSR count). The van der Waals surface area contributed by atoms with Gasteiger partial charge in [0, 0.05) is 7.05 Å². The number of nitrogens with zero attached hydrogens (tertiary/aromatic N) is 2. The first-order chi connectivity index (χ1) is 17.3. The van der Waals surface area contributed by atoms with Crippen LogP contribution in [-0.2, 0) is 9.59 Å². The average molecular weight is 522 g/mol. The zero-order valence-corrected chi connectivity index (χ0v) is 21.5. The first-order valence-electron chi connectivity index (χ1n) is 11.0. The minimum absolute atomic E-state index is 0.138. The molecule has 9 heteroatoms. The van der Waals surface area contributed by atoms with Crippen molar-refractivity contribution in [1.82, 2.24) is 4.90 Å². The van der Waals surface area contributed by atoms with Gasteiger partial charge in [0.25, 0.3) is 11.8 Å². The van der Waals surface area contributed by atoms with Crippen molar-refractivity contribution in [3.63, 3.8) is 0 Å². The normalized spacial score (nSPS) is 15.4. The Hall–Kier alpha value is -3.75. The molecule has 2 amide bonds. The second-order valence-corrected chi connectivity index (χ2v) is 9.35. The highest BCUT2D eigenvalue weighted by Gasteiger charge is 2.30. The number of amidine groups is 1. The lowest BCUT2D eigenvalue weighted by Gasteiger charge is -2.12. The molecule has 0 unspecified atom stereocenters. The summed E-state index contributed by atoms with van der Waals surface area (Å²) in [4.78, 5) is 31.7. The maximum Gasteiger partial charge on any atom is 0.266 e. The monoisotopic (exact) mass is 521 g/mol. The molecular formula is C27H24ClN3O4S. The van der Waals surface area contributed by atoms with E-state index in [1.165, 1.54) is 23.8 Å². The summed E-state index contributed by atoms with van der Waals surface area (Å²) in [6.45, 7) is 1.79. The lowest BCUT2D eigenvalue weighted by atomic mass is 10.2. The van der Waals surface area contributed by atoms with Gasteiger partial charge in [-0.1, -0.05) is 47.5 Å². The summed E-state index contributed by atoms with van der Waals surface area (Å²) in [5, 5.41) is 3.75. The zero-order chi connectivity index (χ0) is 25.7. The van der Waals surface area contributed by atoms with Gasteiger partial charge in [-0.15, -0.1) is 0 Å². The molecule has 1 aliphatic heterocycles. The van der Waals surface area contributed by atoms with Crippen LogP contribution < -0.4 is 14.8 Å². The van der Waals surface area contributed by atoms with Gasteiger partial charge in [0.1, 0.15) is 0 Å². The molecule has 0 radical (unpaired) electrons. The van der Waals surface area contributed by atoms with Crippen LogP contribution in [-0.4, -0.2) is 42.6 Å². The van der Waals surface area contributed by atoms with Crippen LogP contribution in [0.5, 0.6) is 11.5 Å². The van der Waals surface area contributed by atoms with Crippen molar-refractivity contribution in [3.8, 4) is 11.5 Å². The van der Waals surface area contributed by atoms with Gasteiger partial charge in [-0.2, -0.15) is 0 Å². The van der Waals surface area contributed by atoms with E-state index in [1.807, 2.05) is 31.2 Å². The van der Waals surface area contributed by atoms with Crippen molar-refractivity contribution in [1.29, 1.82) is 0 Å². The Balaban J connectivity index is 1.45. The van der Waals surface area contributed by atoms with E-state index >= 15 is 0 Å². The Morgan fingerprint density at radius 3 is 2.58 bits per heavy atom. The number of aliphatic imine (C=N–C) groups is 1. The zero-order valence-electron chi connectivity index (χ0n) is 19.9. The SMILES string of the molecule is COc1cc(/C=C2/SC(=Nc3ccc(C)cc3)N(C)C2=O)ccc1OCC(=O)Nc1ccccc1Cl. The maximum absolute atomic E-state index is 12.8. The van der Waals surface area contributed by atoms with Crippen molar-refractivity contribution in [3.05, 3.63) is 87.8 Å². The van der Waals surface area contributed by atoms with Crippen molar-refractivity contribution in [2.45, 2.75) is 6.92 Å². The number of para-hydroxylation sites is 1. The van der Waals surface area contributed by atoms with Gasteiger partial charge < -0.3 is 14.8 Å². The Morgan fingerprint density at radius 2 is 1.86 bits per heavy atom. The first-order valence-corrected chi connectivity index (χ1v) is 12.2. The molecule has 3 aromatic rings. The van der Waals surface area contributed by atoms with E-state index in [-0.39, 0.29) is 18.4 Å². The standard InChI is InChI=1S/C27H24ClN3O4S/c1-17-8-11-19(12-9-17)29-27-31(2)26(33)24(36-27)15-18-10-13-22(23(14-18)34-3)35-16-25(32)30-21-7-5-4-6-20(21)28/h4-15H,16H2,1-3H3,(H,30,32)/b24-15+,29-27?. The second kappa shape index (κ2) is 11.3. The average Bonchev–Trinajstić information content (AvgIpc) is 3.13. The summed E-state index contributed by atoms with van der Waals surface area (Å²) in [6, 6.07) is 20.0. The Labute approximate surface area is 218 Å². The molecule has 0 atom stereocenters. The number of ether oxygens (including phenoxy) is 2. The minimum atomic E-state index is -0.354. The highest BCUT2D eigenvalue weighted by atomic mass is 35.5. The number of halogens is 1. The number of rotatable bonds is 7. The predicted octanol–water partition coefficient (Wildman–Crippen LogP) is 5.91. The van der Waals surface area contributed by atoms with Crippen molar-refractivity contribution < 1.29 is 19.1 Å². The molecule has 184 valence electrons. The van der Waals surface area contributed by atoms with Gasteiger partial charge in [-0.3, -0.25) is 14.5 Å². The number of carbonyl (C=O) groups is 2. The lowest BCUT2D eigenvalue weighted by Crippen LogP contribution is -2.23. The number of likely N-dealkylation sites (N-methyl/N-ethyl adjacent to an activating group) is 1. The fourth-order valence-corrected chi connectivity index (χ4v) is 4.49. The van der Waals surface area contributed by atoms with Gasteiger partial charge in [-0.25, -0.2) is 4.99 Å². The van der Waals surface area contributed by atoms with Crippen molar-refractivity contribution >= 4 is 57.8 Å². The second-order valence-electron chi connectivity index (χ2n) is 7.93. The number of carbonyl (C=O) groups excluding carboxylic acids is 2. The number of aryl methyl sites for hydroxylation is 1. The molecule has 1 heterocycles. The topological polar surface area (TPSA) is 80.2 Å². The number of nitrogens with one attached hydrogen (secondary N) is 1. The van der Waals surface area contributed by atoms with E-state index in [4.69, 9.17) is 21.1 Å². The van der Waals surface area contributed by atoms with Crippen LogP contribution in [0.4, 0.5) is 11.4 Å². The number of amides is 2. The van der Waals surface area contributed by atoms with Crippen LogP contribution >= 0.6 is 23.4 Å². The van der Waals surface area contributed by atoms with E-state index in [2.05, 4.69) is 10.3 Å². The molecule has 7 nitrogen and oxygen atoms in total. The number of hydrogen-bond donors (Lipinski definition) is 1. The maximum atomic E-state index is 12.8. The lowest BCUT2D eigenvalue weighted by molar-refractivity contribution is -0.121. The fraction of sp³-hybridized carbons (Fsp3) is 0.148. The number of benzene rings is 3. The summed E-state index contributed by atoms with van der Waals surface area (Å²) in [5.74, 6) is 0.347. The summed E-state index contributed by atoms with van der Waals surface area (Å²) in [5.41, 5.74) is 3.19. The smallest absolute Gasteiger partial charge is 0.266 e. The van der Waals surface area contributed by atoms with E-state index in [9.17, 15) is 9.59 Å². The highest BCUT2D eigenvalue weighted by Crippen LogP contribution is 2.35. The third kappa shape index (κ3) is 6.08. The summed E-state index contributed by atoms with van der Waals surface area (Å²) in [7, 11) is 3.22. The molecule has 0 bridgehead atoms. The number of thioether (sulfide) groups is 1. The fourth-order valence-electron chi connectivity index (χ4n) is 3.32. The quantitative estimate of drug-likeness (QED) is 0.391. The predicted molar refractivity (Wildman–Crippen MR) is 145 cm³/mol. The highest BCUT2D eigenvalue weighted by molar-refractivity contribution is 8.18. The summed E-state index contributed by atoms with van der Waals surface area (Å²) in [6.07, 6.45) is 1.78. The van der Waals surface area contributed by atoms with Crippen LogP contribution in [0.15, 0.2) is 76.6 Å². The van der Waals surface area contributed by atoms with Crippen LogP contribution in [0.25, 0.3) is 6.08 Å². The van der Waals surface area contributed by atoms with Gasteiger partial charge in [0.05, 0.1) is 28.4 Å². The molecule has 1 fully saturated rings. The van der Waals surface area contributed by atoms with Gasteiger partial charge in [0.2, 0.25) is 0 Å². The summed E-state index contributed by atoms with van der Waals surface area (Å²) < 4.78 is 11.1. The van der Waals surface area contributed by atoms with E-state index in [1.54, 1.807) is 55.6 Å². The van der Waals surface area contributed by atoms with E-state index in [0.717, 1.165) is 16.8 Å². The van der Waals surface area contributed by atoms with Gasteiger partial charge in [0.15, 0.2) is 23.3 Å². The number of hydrogen-bond acceptors (Lipinski definition) is 6. The van der Waals surface area contributed by atoms with E-state index < -0.39 is 0 Å². The Kier molecular flexibility index (Phi) is 7.97. The third-order valence-electron chi connectivity index (χ3n) is 5.25. The molecule has 0 spiro atoms. The molecule has 0 aliphatic carbocycles. The minimum Gasteiger partial charge on any atom is -0.493 e. The van der Waals surface area contributed by atoms with Gasteiger partial charge >= 0.3 is 0 Å². The molecule has 1 N–H and O–H groups in total. The van der Waals surface area contributed by atoms with Crippen LogP contribution in [0, 0.1) is 6.92 Å². The Morgan fingerprint density at radius 1 is 1.11 bits per heavy atom. The molecule has 1 aliphatic rings. The molecular weight excluding hydrogens is 498 g/mol. The van der Waals surface area contributed by atoms with Crippen LogP contribution in [0.3, 0.4) is 0 Å². The summed E-state index contributed by atoms with van der Waals surface area (Å²) >= 11 is 7.38. The van der Waals surface area contributed by atoms with Crippen molar-refractivity contribution in [2.75, 3.05) is 26.1 Å². The molecule has 36 heavy (non-hydrogen) atoms.